The van der Waals surface area contributed by atoms with Crippen molar-refractivity contribution >= 4 is 5.96 Å². The molecule has 5 nitrogen and oxygen atoms in total. The zero-order valence-corrected chi connectivity index (χ0v) is 13.6. The van der Waals surface area contributed by atoms with Gasteiger partial charge in [0.05, 0.1) is 26.3 Å². The molecule has 0 radical (unpaired) electrons. The highest BCUT2D eigenvalue weighted by molar-refractivity contribution is 5.79. The molecule has 1 heterocycles. The second kappa shape index (κ2) is 6.78. The molecule has 0 saturated heterocycles. The van der Waals surface area contributed by atoms with Crippen LogP contribution in [0.4, 0.5) is 4.39 Å². The van der Waals surface area contributed by atoms with Gasteiger partial charge in [0, 0.05) is 0 Å². The third-order valence-corrected chi connectivity index (χ3v) is 4.12. The fourth-order valence-electron chi connectivity index (χ4n) is 2.93. The Morgan fingerprint density at radius 1 is 1.08 bits per heavy atom. The van der Waals surface area contributed by atoms with E-state index >= 15 is 0 Å². The van der Waals surface area contributed by atoms with Crippen LogP contribution >= 0.6 is 0 Å². The summed E-state index contributed by atoms with van der Waals surface area (Å²) in [6.07, 6.45) is 0.666. The highest BCUT2D eigenvalue weighted by atomic mass is 19.1. The van der Waals surface area contributed by atoms with Gasteiger partial charge in [0.1, 0.15) is 5.82 Å². The van der Waals surface area contributed by atoms with Crippen LogP contribution in [0.15, 0.2) is 47.5 Å². The summed E-state index contributed by atoms with van der Waals surface area (Å²) >= 11 is 0. The Morgan fingerprint density at radius 2 is 1.88 bits per heavy atom. The first-order valence-corrected chi connectivity index (χ1v) is 7.68. The minimum Gasteiger partial charge on any atom is -0.493 e. The Kier molecular flexibility index (Phi) is 4.55. The van der Waals surface area contributed by atoms with Crippen molar-refractivity contribution in [2.75, 3.05) is 14.2 Å². The molecule has 0 spiro atoms. The fourth-order valence-corrected chi connectivity index (χ4v) is 2.93. The number of methoxy groups -OCH3 is 2. The molecule has 6 heteroatoms. The Balaban J connectivity index is 1.89. The second-order valence-corrected chi connectivity index (χ2v) is 5.63. The predicted octanol–water partition coefficient (Wildman–Crippen LogP) is 2.93. The molecule has 2 aromatic carbocycles. The molecule has 1 aliphatic rings. The predicted molar refractivity (Wildman–Crippen MR) is 90.8 cm³/mol. The van der Waals surface area contributed by atoms with Crippen LogP contribution in [-0.4, -0.2) is 20.2 Å². The van der Waals surface area contributed by atoms with Gasteiger partial charge in [-0.05, 0) is 41.8 Å². The van der Waals surface area contributed by atoms with Crippen LogP contribution in [0.1, 0.15) is 29.6 Å². The number of nitrogens with two attached hydrogens (primary N) is 1. The summed E-state index contributed by atoms with van der Waals surface area (Å²) in [5.41, 5.74) is 7.76. The number of nitrogens with zero attached hydrogens (tertiary/aromatic N) is 1. The van der Waals surface area contributed by atoms with Crippen LogP contribution in [0.5, 0.6) is 11.5 Å². The zero-order chi connectivity index (χ0) is 17.1. The summed E-state index contributed by atoms with van der Waals surface area (Å²) in [5.74, 6) is 1.39. The van der Waals surface area contributed by atoms with E-state index in [1.54, 1.807) is 20.3 Å². The summed E-state index contributed by atoms with van der Waals surface area (Å²) < 4.78 is 24.1. The molecular formula is C18H20FN3O2. The first-order chi connectivity index (χ1) is 11.6. The summed E-state index contributed by atoms with van der Waals surface area (Å²) in [4.78, 5) is 4.41. The summed E-state index contributed by atoms with van der Waals surface area (Å²) in [6, 6.07) is 12.0. The van der Waals surface area contributed by atoms with Gasteiger partial charge in [0.25, 0.3) is 0 Å². The number of hydrogen-bond acceptors (Lipinski definition) is 5. The maximum Gasteiger partial charge on any atom is 0.189 e. The SMILES string of the molecule is COc1ccc(C2CC(c3cccc(F)c3)N=C(N)N2)cc1OC. The number of hydrogen-bond donors (Lipinski definition) is 2. The zero-order valence-electron chi connectivity index (χ0n) is 13.6. The van der Waals surface area contributed by atoms with E-state index in [0.717, 1.165) is 11.1 Å². The van der Waals surface area contributed by atoms with Gasteiger partial charge in [-0.3, -0.25) is 0 Å². The fraction of sp³-hybridized carbons (Fsp3) is 0.278. The topological polar surface area (TPSA) is 68.9 Å². The Labute approximate surface area is 140 Å². The van der Waals surface area contributed by atoms with E-state index in [4.69, 9.17) is 15.2 Å². The first kappa shape index (κ1) is 16.1. The van der Waals surface area contributed by atoms with Crippen molar-refractivity contribution in [3.63, 3.8) is 0 Å². The van der Waals surface area contributed by atoms with E-state index in [0.29, 0.717) is 23.9 Å². The van der Waals surface area contributed by atoms with Crippen molar-refractivity contribution in [3.8, 4) is 11.5 Å². The number of aliphatic imine (C=N–C) groups is 1. The first-order valence-electron chi connectivity index (χ1n) is 7.68. The van der Waals surface area contributed by atoms with Gasteiger partial charge in [-0.25, -0.2) is 9.38 Å². The van der Waals surface area contributed by atoms with Crippen molar-refractivity contribution in [3.05, 3.63) is 59.4 Å². The minimum absolute atomic E-state index is 0.0458. The van der Waals surface area contributed by atoms with Crippen molar-refractivity contribution in [2.24, 2.45) is 10.7 Å². The van der Waals surface area contributed by atoms with Crippen molar-refractivity contribution in [1.82, 2.24) is 5.32 Å². The van der Waals surface area contributed by atoms with Gasteiger partial charge in [0.15, 0.2) is 17.5 Å². The molecule has 0 aromatic heterocycles. The minimum atomic E-state index is -0.275. The van der Waals surface area contributed by atoms with Crippen LogP contribution in [-0.2, 0) is 0 Å². The van der Waals surface area contributed by atoms with Gasteiger partial charge in [-0.2, -0.15) is 0 Å². The smallest absolute Gasteiger partial charge is 0.189 e. The monoisotopic (exact) mass is 329 g/mol. The molecular weight excluding hydrogens is 309 g/mol. The van der Waals surface area contributed by atoms with Gasteiger partial charge < -0.3 is 20.5 Å². The van der Waals surface area contributed by atoms with Crippen LogP contribution in [0.2, 0.25) is 0 Å². The summed E-state index contributed by atoms with van der Waals surface area (Å²) in [6.45, 7) is 0. The van der Waals surface area contributed by atoms with E-state index in [1.807, 2.05) is 24.3 Å². The van der Waals surface area contributed by atoms with Crippen molar-refractivity contribution in [2.45, 2.75) is 18.5 Å². The van der Waals surface area contributed by atoms with Crippen molar-refractivity contribution < 1.29 is 13.9 Å². The lowest BCUT2D eigenvalue weighted by Gasteiger charge is -2.29. The van der Waals surface area contributed by atoms with Crippen molar-refractivity contribution in [1.29, 1.82) is 0 Å². The molecule has 126 valence electrons. The largest absolute Gasteiger partial charge is 0.493 e. The van der Waals surface area contributed by atoms with Crippen LogP contribution in [0.3, 0.4) is 0 Å². The quantitative estimate of drug-likeness (QED) is 0.905. The Morgan fingerprint density at radius 3 is 2.58 bits per heavy atom. The molecule has 0 amide bonds. The molecule has 24 heavy (non-hydrogen) atoms. The van der Waals surface area contributed by atoms with E-state index in [-0.39, 0.29) is 17.9 Å². The third kappa shape index (κ3) is 3.27. The molecule has 0 fully saturated rings. The Bertz CT molecular complexity index is 764. The Hall–Kier alpha value is -2.76. The lowest BCUT2D eigenvalue weighted by molar-refractivity contribution is 0.353. The molecule has 3 rings (SSSR count). The highest BCUT2D eigenvalue weighted by Crippen LogP contribution is 2.36. The maximum absolute atomic E-state index is 13.5. The van der Waals surface area contributed by atoms with Gasteiger partial charge in [-0.1, -0.05) is 18.2 Å². The molecule has 0 aliphatic carbocycles. The molecule has 3 N–H and O–H groups in total. The average molecular weight is 329 g/mol. The third-order valence-electron chi connectivity index (χ3n) is 4.12. The maximum atomic E-state index is 13.5. The molecule has 1 aliphatic heterocycles. The summed E-state index contributed by atoms with van der Waals surface area (Å²) in [5, 5.41) is 3.17. The van der Waals surface area contributed by atoms with Crippen LogP contribution < -0.4 is 20.5 Å². The number of nitrogens with one attached hydrogen (secondary N) is 1. The second-order valence-electron chi connectivity index (χ2n) is 5.63. The van der Waals surface area contributed by atoms with E-state index in [9.17, 15) is 4.39 Å². The number of guanidine groups is 1. The normalized spacial score (nSPS) is 20.0. The molecule has 2 aromatic rings. The lowest BCUT2D eigenvalue weighted by atomic mass is 9.93. The average Bonchev–Trinajstić information content (AvgIpc) is 2.60. The van der Waals surface area contributed by atoms with Gasteiger partial charge >= 0.3 is 0 Å². The van der Waals surface area contributed by atoms with Gasteiger partial charge in [0.2, 0.25) is 0 Å². The molecule has 0 saturated carbocycles. The van der Waals surface area contributed by atoms with E-state index in [2.05, 4.69) is 10.3 Å². The highest BCUT2D eigenvalue weighted by Gasteiger charge is 2.25. The molecule has 2 unspecified atom stereocenters. The lowest BCUT2D eigenvalue weighted by Crippen LogP contribution is -2.39. The molecule has 2 atom stereocenters. The number of benzene rings is 2. The van der Waals surface area contributed by atoms with E-state index in [1.165, 1.54) is 12.1 Å². The van der Waals surface area contributed by atoms with Crippen LogP contribution in [0, 0.1) is 5.82 Å². The molecule has 0 bridgehead atoms. The number of ether oxygens (including phenoxy) is 2. The van der Waals surface area contributed by atoms with E-state index < -0.39 is 0 Å². The van der Waals surface area contributed by atoms with Gasteiger partial charge in [-0.15, -0.1) is 0 Å². The standard InChI is InChI=1S/C18H20FN3O2/c1-23-16-7-6-12(9-17(16)24-2)15-10-14(21-18(20)22-15)11-4-3-5-13(19)8-11/h3-9,14-15H,10H2,1-2H3,(H3,20,21,22). The summed E-state index contributed by atoms with van der Waals surface area (Å²) in [7, 11) is 3.20. The van der Waals surface area contributed by atoms with Crippen LogP contribution in [0.25, 0.3) is 0 Å². The number of halogens is 1. The number of rotatable bonds is 4.